The van der Waals surface area contributed by atoms with E-state index in [-0.39, 0.29) is 5.56 Å². The maximum Gasteiger partial charge on any atom is 0.404 e. The lowest BCUT2D eigenvalue weighted by Gasteiger charge is -2.09. The third-order valence-electron chi connectivity index (χ3n) is 4.07. The van der Waals surface area contributed by atoms with E-state index in [4.69, 9.17) is 10.5 Å². The van der Waals surface area contributed by atoms with Crippen LogP contribution in [-0.2, 0) is 21.1 Å². The molecule has 3 amide bonds. The SMILES string of the molecule is COc1ccc(CNC(=O)Nc2ccc(C(=O)CS(=O)(=O)CCOC(N)=O)cc2)cc1. The van der Waals surface area contributed by atoms with Gasteiger partial charge in [-0.15, -0.1) is 0 Å². The third kappa shape index (κ3) is 8.34. The maximum absolute atomic E-state index is 12.2. The van der Waals surface area contributed by atoms with Crippen LogP contribution < -0.4 is 21.1 Å². The minimum Gasteiger partial charge on any atom is -0.497 e. The largest absolute Gasteiger partial charge is 0.497 e. The smallest absolute Gasteiger partial charge is 0.404 e. The molecule has 10 nitrogen and oxygen atoms in total. The van der Waals surface area contributed by atoms with Crippen molar-refractivity contribution in [1.29, 1.82) is 0 Å². The minimum absolute atomic E-state index is 0.170. The van der Waals surface area contributed by atoms with Crippen molar-refractivity contribution < 1.29 is 32.3 Å². The molecule has 0 aliphatic carbocycles. The molecule has 0 radical (unpaired) electrons. The Kier molecular flexibility index (Phi) is 8.38. The predicted molar refractivity (Wildman–Crippen MR) is 114 cm³/mol. The number of rotatable bonds is 10. The first-order valence-electron chi connectivity index (χ1n) is 9.12. The van der Waals surface area contributed by atoms with E-state index in [9.17, 15) is 22.8 Å². The molecule has 0 bridgehead atoms. The van der Waals surface area contributed by atoms with E-state index in [2.05, 4.69) is 15.4 Å². The van der Waals surface area contributed by atoms with Gasteiger partial charge in [0.1, 0.15) is 18.1 Å². The molecule has 0 saturated carbocycles. The number of hydrogen-bond donors (Lipinski definition) is 3. The van der Waals surface area contributed by atoms with E-state index in [1.807, 2.05) is 12.1 Å². The molecule has 31 heavy (non-hydrogen) atoms. The van der Waals surface area contributed by atoms with Crippen LogP contribution >= 0.6 is 0 Å². The van der Waals surface area contributed by atoms with Gasteiger partial charge in [-0.2, -0.15) is 0 Å². The lowest BCUT2D eigenvalue weighted by atomic mass is 10.1. The van der Waals surface area contributed by atoms with E-state index in [1.54, 1.807) is 19.2 Å². The Hall–Kier alpha value is -3.60. The molecule has 2 aromatic rings. The predicted octanol–water partition coefficient (Wildman–Crippen LogP) is 1.71. The maximum atomic E-state index is 12.2. The van der Waals surface area contributed by atoms with Crippen LogP contribution in [0.3, 0.4) is 0 Å². The quantitative estimate of drug-likeness (QED) is 0.467. The highest BCUT2D eigenvalue weighted by Crippen LogP contribution is 2.13. The van der Waals surface area contributed by atoms with Crippen molar-refractivity contribution in [2.24, 2.45) is 5.73 Å². The van der Waals surface area contributed by atoms with Gasteiger partial charge in [0.25, 0.3) is 0 Å². The van der Waals surface area contributed by atoms with Gasteiger partial charge in [-0.1, -0.05) is 12.1 Å². The van der Waals surface area contributed by atoms with Crippen LogP contribution in [0.4, 0.5) is 15.3 Å². The summed E-state index contributed by atoms with van der Waals surface area (Å²) in [6.07, 6.45) is -1.09. The molecule has 4 N–H and O–H groups in total. The molecule has 166 valence electrons. The van der Waals surface area contributed by atoms with Crippen molar-refractivity contribution in [3.8, 4) is 5.75 Å². The highest BCUT2D eigenvalue weighted by atomic mass is 32.2. The molecule has 0 atom stereocenters. The number of amides is 3. The molecule has 0 heterocycles. The highest BCUT2D eigenvalue weighted by molar-refractivity contribution is 7.92. The molecule has 0 aliphatic rings. The molecule has 0 unspecified atom stereocenters. The van der Waals surface area contributed by atoms with Crippen LogP contribution in [0.15, 0.2) is 48.5 Å². The number of anilines is 1. The van der Waals surface area contributed by atoms with Gasteiger partial charge in [0.05, 0.1) is 12.9 Å². The second kappa shape index (κ2) is 11.0. The lowest BCUT2D eigenvalue weighted by Crippen LogP contribution is -2.28. The van der Waals surface area contributed by atoms with Gasteiger partial charge in [-0.3, -0.25) is 4.79 Å². The number of carbonyl (C=O) groups excluding carboxylic acids is 3. The number of carbonyl (C=O) groups is 3. The average Bonchev–Trinajstić information content (AvgIpc) is 2.72. The van der Waals surface area contributed by atoms with Gasteiger partial charge < -0.3 is 25.8 Å². The van der Waals surface area contributed by atoms with Crippen LogP contribution in [0.2, 0.25) is 0 Å². The monoisotopic (exact) mass is 449 g/mol. The number of sulfone groups is 1. The fourth-order valence-corrected chi connectivity index (χ4v) is 3.51. The van der Waals surface area contributed by atoms with Gasteiger partial charge in [0, 0.05) is 17.8 Å². The van der Waals surface area contributed by atoms with Gasteiger partial charge in [0.15, 0.2) is 15.6 Å². The van der Waals surface area contributed by atoms with Crippen LogP contribution in [0.25, 0.3) is 0 Å². The van der Waals surface area contributed by atoms with E-state index in [0.29, 0.717) is 12.2 Å². The molecule has 0 saturated heterocycles. The molecule has 11 heteroatoms. The number of benzene rings is 2. The zero-order valence-electron chi connectivity index (χ0n) is 16.8. The van der Waals surface area contributed by atoms with E-state index in [1.165, 1.54) is 24.3 Å². The molecule has 0 spiro atoms. The normalized spacial score (nSPS) is 10.7. The number of methoxy groups -OCH3 is 1. The van der Waals surface area contributed by atoms with E-state index in [0.717, 1.165) is 11.3 Å². The lowest BCUT2D eigenvalue weighted by molar-refractivity contribution is 0.102. The zero-order valence-corrected chi connectivity index (χ0v) is 17.6. The number of Topliss-reactive ketones (excluding diaryl/α,β-unsaturated/α-hetero) is 1. The average molecular weight is 449 g/mol. The molecule has 2 aromatic carbocycles. The highest BCUT2D eigenvalue weighted by Gasteiger charge is 2.18. The first-order valence-corrected chi connectivity index (χ1v) is 10.9. The van der Waals surface area contributed by atoms with Gasteiger partial charge >= 0.3 is 12.1 Å². The zero-order chi connectivity index (χ0) is 22.9. The Morgan fingerprint density at radius 2 is 1.65 bits per heavy atom. The first kappa shape index (κ1) is 23.7. The summed E-state index contributed by atoms with van der Waals surface area (Å²) in [5.41, 5.74) is 6.25. The second-order valence-electron chi connectivity index (χ2n) is 6.42. The molecular weight excluding hydrogens is 426 g/mol. The number of hydrogen-bond acceptors (Lipinski definition) is 7. The van der Waals surface area contributed by atoms with Gasteiger partial charge in [0.2, 0.25) is 0 Å². The minimum atomic E-state index is -3.76. The fraction of sp³-hybridized carbons (Fsp3) is 0.250. The number of urea groups is 1. The number of ketones is 1. The molecule has 2 rings (SSSR count). The Morgan fingerprint density at radius 1 is 1.00 bits per heavy atom. The fourth-order valence-electron chi connectivity index (χ4n) is 2.46. The molecule has 0 aromatic heterocycles. The molecule has 0 aliphatic heterocycles. The van der Waals surface area contributed by atoms with Gasteiger partial charge in [-0.05, 0) is 42.0 Å². The summed E-state index contributed by atoms with van der Waals surface area (Å²) in [6.45, 7) is -0.108. The van der Waals surface area contributed by atoms with Crippen molar-refractivity contribution in [1.82, 2.24) is 5.32 Å². The van der Waals surface area contributed by atoms with Crippen LogP contribution in [-0.4, -0.2) is 51.5 Å². The van der Waals surface area contributed by atoms with Crippen LogP contribution in [0, 0.1) is 0 Å². The second-order valence-corrected chi connectivity index (χ2v) is 8.60. The van der Waals surface area contributed by atoms with Crippen molar-refractivity contribution in [2.45, 2.75) is 6.54 Å². The van der Waals surface area contributed by atoms with E-state index >= 15 is 0 Å². The van der Waals surface area contributed by atoms with Crippen LogP contribution in [0.5, 0.6) is 5.75 Å². The van der Waals surface area contributed by atoms with Crippen molar-refractivity contribution in [2.75, 3.05) is 30.5 Å². The number of primary amides is 1. The summed E-state index contributed by atoms with van der Waals surface area (Å²) in [4.78, 5) is 34.7. The Labute approximate surface area is 179 Å². The van der Waals surface area contributed by atoms with Crippen molar-refractivity contribution in [3.63, 3.8) is 0 Å². The third-order valence-corrected chi connectivity index (χ3v) is 5.56. The van der Waals surface area contributed by atoms with Crippen molar-refractivity contribution >= 4 is 33.4 Å². The first-order chi connectivity index (χ1) is 14.7. The summed E-state index contributed by atoms with van der Waals surface area (Å²) < 4.78 is 33.3. The Bertz CT molecular complexity index is 1020. The summed E-state index contributed by atoms with van der Waals surface area (Å²) >= 11 is 0. The van der Waals surface area contributed by atoms with Crippen LogP contribution in [0.1, 0.15) is 15.9 Å². The Balaban J connectivity index is 1.83. The summed E-state index contributed by atoms with van der Waals surface area (Å²) in [5.74, 6) is -1.14. The topological polar surface area (TPSA) is 154 Å². The summed E-state index contributed by atoms with van der Waals surface area (Å²) in [6, 6.07) is 12.6. The molecular formula is C20H23N3O7S. The summed E-state index contributed by atoms with van der Waals surface area (Å²) in [7, 11) is -2.19. The summed E-state index contributed by atoms with van der Waals surface area (Å²) in [5, 5.41) is 5.32. The molecule has 0 fully saturated rings. The Morgan fingerprint density at radius 3 is 2.23 bits per heavy atom. The number of nitrogens with one attached hydrogen (secondary N) is 2. The van der Waals surface area contributed by atoms with E-state index < -0.39 is 45.9 Å². The van der Waals surface area contributed by atoms with Gasteiger partial charge in [-0.25, -0.2) is 18.0 Å². The number of ether oxygens (including phenoxy) is 2. The number of nitrogens with two attached hydrogens (primary N) is 1. The van der Waals surface area contributed by atoms with Crippen molar-refractivity contribution in [3.05, 3.63) is 59.7 Å². The standard InChI is InChI=1S/C20H23N3O7S/c1-29-17-8-2-14(3-9-17)12-22-20(26)23-16-6-4-15(5-7-16)18(24)13-31(27,28)11-10-30-19(21)25/h2-9H,10-13H2,1H3,(H2,21,25)(H2,22,23,26).